The van der Waals surface area contributed by atoms with E-state index in [1.165, 1.54) is 23.8 Å². The molecule has 8 heteroatoms. The van der Waals surface area contributed by atoms with Gasteiger partial charge in [0.25, 0.3) is 11.5 Å². The zero-order valence-corrected chi connectivity index (χ0v) is 15.9. The molecule has 3 rings (SSSR count). The minimum absolute atomic E-state index is 0. The first-order valence-corrected chi connectivity index (χ1v) is 8.55. The molecule has 0 spiro atoms. The number of halogens is 2. The molecule has 0 aliphatic carbocycles. The summed E-state index contributed by atoms with van der Waals surface area (Å²) in [4.78, 5) is 25.4. The second-order valence-electron chi connectivity index (χ2n) is 6.38. The average molecular weight is 396 g/mol. The summed E-state index contributed by atoms with van der Waals surface area (Å²) in [6.07, 6.45) is 2.73. The molecule has 0 saturated carbocycles. The second-order valence-corrected chi connectivity index (χ2v) is 6.38. The van der Waals surface area contributed by atoms with Crippen molar-refractivity contribution in [1.82, 2.24) is 9.88 Å². The lowest BCUT2D eigenvalue weighted by Gasteiger charge is -2.34. The monoisotopic (exact) mass is 395 g/mol. The topological polar surface area (TPSA) is 72.4 Å². The number of piperidine rings is 1. The second kappa shape index (κ2) is 9.12. The number of carbonyl (C=O) groups excluding carboxylic acids is 1. The summed E-state index contributed by atoms with van der Waals surface area (Å²) in [6.45, 7) is 1.66. The number of amides is 1. The predicted molar refractivity (Wildman–Crippen MR) is 104 cm³/mol. The third kappa shape index (κ3) is 4.74. The number of anilines is 1. The Morgan fingerprint density at radius 2 is 1.93 bits per heavy atom. The minimum Gasteiger partial charge on any atom is -0.368 e. The Labute approximate surface area is 163 Å². The molecular weight excluding hydrogens is 373 g/mol. The number of nitrogens with one attached hydrogen (secondary N) is 2. The Morgan fingerprint density at radius 3 is 2.56 bits per heavy atom. The molecule has 1 fully saturated rings. The number of pyridine rings is 1. The largest absolute Gasteiger partial charge is 0.368 e. The maximum Gasteiger partial charge on any atom is 0.274 e. The van der Waals surface area contributed by atoms with Gasteiger partial charge >= 0.3 is 0 Å². The molecule has 0 unspecified atom stereocenters. The number of carbonyl (C=O) groups is 1. The number of ether oxygens (including phenoxy) is 1. The van der Waals surface area contributed by atoms with Crippen molar-refractivity contribution in [2.45, 2.75) is 25.0 Å². The zero-order chi connectivity index (χ0) is 18.6. The maximum absolute atomic E-state index is 13.0. The van der Waals surface area contributed by atoms with E-state index in [2.05, 4.69) is 10.6 Å². The predicted octanol–water partition coefficient (Wildman–Crippen LogP) is 2.16. The first-order valence-electron chi connectivity index (χ1n) is 8.55. The van der Waals surface area contributed by atoms with Gasteiger partial charge in [0.05, 0.1) is 6.54 Å². The Balaban J connectivity index is 0.00000261. The highest BCUT2D eigenvalue weighted by Crippen LogP contribution is 2.24. The van der Waals surface area contributed by atoms with Gasteiger partial charge in [0.2, 0.25) is 0 Å². The van der Waals surface area contributed by atoms with E-state index in [0.29, 0.717) is 32.5 Å². The van der Waals surface area contributed by atoms with Crippen molar-refractivity contribution in [3.8, 4) is 0 Å². The van der Waals surface area contributed by atoms with Crippen molar-refractivity contribution in [2.24, 2.45) is 0 Å². The SMILES string of the molecule is COC1(C(=O)Nc2cccn(Cc3ccc(F)cc3)c2=O)CCNCC1.Cl. The third-order valence-electron chi connectivity index (χ3n) is 4.75. The fraction of sp³-hybridized carbons (Fsp3) is 0.368. The van der Waals surface area contributed by atoms with E-state index in [1.807, 2.05) is 0 Å². The first kappa shape index (κ1) is 21.1. The van der Waals surface area contributed by atoms with Crippen LogP contribution in [0.1, 0.15) is 18.4 Å². The van der Waals surface area contributed by atoms with Crippen LogP contribution in [0.3, 0.4) is 0 Å². The van der Waals surface area contributed by atoms with Crippen molar-refractivity contribution in [3.05, 3.63) is 64.3 Å². The van der Waals surface area contributed by atoms with Gasteiger partial charge in [0.1, 0.15) is 17.1 Å². The van der Waals surface area contributed by atoms with E-state index in [-0.39, 0.29) is 35.4 Å². The highest BCUT2D eigenvalue weighted by Gasteiger charge is 2.39. The number of benzene rings is 1. The number of methoxy groups -OCH3 is 1. The molecule has 1 aromatic carbocycles. The van der Waals surface area contributed by atoms with Gasteiger partial charge in [-0.1, -0.05) is 12.1 Å². The fourth-order valence-corrected chi connectivity index (χ4v) is 3.13. The lowest BCUT2D eigenvalue weighted by molar-refractivity contribution is -0.140. The van der Waals surface area contributed by atoms with Crippen molar-refractivity contribution >= 4 is 24.0 Å². The molecule has 1 aliphatic rings. The van der Waals surface area contributed by atoms with Gasteiger partial charge in [-0.05, 0) is 55.8 Å². The lowest BCUT2D eigenvalue weighted by atomic mass is 9.91. The summed E-state index contributed by atoms with van der Waals surface area (Å²) in [6, 6.07) is 9.23. The number of hydrogen-bond donors (Lipinski definition) is 2. The van der Waals surface area contributed by atoms with Crippen LogP contribution < -0.4 is 16.2 Å². The van der Waals surface area contributed by atoms with Gasteiger partial charge in [-0.15, -0.1) is 12.4 Å². The minimum atomic E-state index is -0.921. The summed E-state index contributed by atoms with van der Waals surface area (Å²) in [5.41, 5.74) is -0.237. The van der Waals surface area contributed by atoms with E-state index in [1.54, 1.807) is 30.5 Å². The molecule has 6 nitrogen and oxygen atoms in total. The molecule has 1 amide bonds. The molecule has 2 heterocycles. The third-order valence-corrected chi connectivity index (χ3v) is 4.75. The molecule has 1 aliphatic heterocycles. The quantitative estimate of drug-likeness (QED) is 0.813. The van der Waals surface area contributed by atoms with Gasteiger partial charge in [0, 0.05) is 13.3 Å². The van der Waals surface area contributed by atoms with E-state index < -0.39 is 5.60 Å². The number of rotatable bonds is 5. The standard InChI is InChI=1S/C19H22FN3O3.ClH/c1-26-19(8-10-21-11-9-19)18(25)22-16-3-2-12-23(17(16)24)13-14-4-6-15(20)7-5-14;/h2-7,12,21H,8-11,13H2,1H3,(H,22,25);1H. The van der Waals surface area contributed by atoms with E-state index >= 15 is 0 Å². The summed E-state index contributed by atoms with van der Waals surface area (Å²) >= 11 is 0. The highest BCUT2D eigenvalue weighted by molar-refractivity contribution is 5.97. The average Bonchev–Trinajstić information content (AvgIpc) is 2.67. The molecule has 0 bridgehead atoms. The van der Waals surface area contributed by atoms with Gasteiger partial charge in [-0.2, -0.15) is 0 Å². The van der Waals surface area contributed by atoms with Crippen LogP contribution in [-0.2, 0) is 16.1 Å². The number of nitrogens with zero attached hydrogens (tertiary/aromatic N) is 1. The van der Waals surface area contributed by atoms with Crippen LogP contribution in [0.5, 0.6) is 0 Å². The van der Waals surface area contributed by atoms with Crippen molar-refractivity contribution < 1.29 is 13.9 Å². The van der Waals surface area contributed by atoms with Gasteiger partial charge in [-0.25, -0.2) is 4.39 Å². The molecule has 27 heavy (non-hydrogen) atoms. The maximum atomic E-state index is 13.0. The van der Waals surface area contributed by atoms with Gasteiger partial charge < -0.3 is 19.9 Å². The van der Waals surface area contributed by atoms with Gasteiger partial charge in [0.15, 0.2) is 0 Å². The van der Waals surface area contributed by atoms with Crippen LogP contribution >= 0.6 is 12.4 Å². The molecule has 1 aromatic heterocycles. The van der Waals surface area contributed by atoms with Crippen molar-refractivity contribution in [2.75, 3.05) is 25.5 Å². The molecule has 1 saturated heterocycles. The Hall–Kier alpha value is -2.22. The molecular formula is C19H23ClFN3O3. The van der Waals surface area contributed by atoms with Gasteiger partial charge in [-0.3, -0.25) is 9.59 Å². The Bertz CT molecular complexity index is 833. The summed E-state index contributed by atoms with van der Waals surface area (Å²) in [5.74, 6) is -0.632. The summed E-state index contributed by atoms with van der Waals surface area (Å²) < 4.78 is 20.0. The molecule has 0 atom stereocenters. The molecule has 2 N–H and O–H groups in total. The normalized spacial score (nSPS) is 15.6. The van der Waals surface area contributed by atoms with Crippen LogP contribution in [0.2, 0.25) is 0 Å². The van der Waals surface area contributed by atoms with Crippen LogP contribution in [0, 0.1) is 5.82 Å². The van der Waals surface area contributed by atoms with E-state index in [9.17, 15) is 14.0 Å². The Kier molecular flexibility index (Phi) is 7.12. The van der Waals surface area contributed by atoms with Crippen LogP contribution in [0.25, 0.3) is 0 Å². The number of aromatic nitrogens is 1. The van der Waals surface area contributed by atoms with E-state index in [0.717, 1.165) is 5.56 Å². The first-order chi connectivity index (χ1) is 12.5. The van der Waals surface area contributed by atoms with Crippen LogP contribution in [0.4, 0.5) is 10.1 Å². The van der Waals surface area contributed by atoms with Crippen molar-refractivity contribution in [1.29, 1.82) is 0 Å². The summed E-state index contributed by atoms with van der Waals surface area (Å²) in [5, 5.41) is 5.91. The van der Waals surface area contributed by atoms with Crippen LogP contribution in [-0.4, -0.2) is 36.3 Å². The van der Waals surface area contributed by atoms with Crippen LogP contribution in [0.15, 0.2) is 47.4 Å². The Morgan fingerprint density at radius 1 is 1.26 bits per heavy atom. The molecule has 2 aromatic rings. The van der Waals surface area contributed by atoms with Crippen molar-refractivity contribution in [3.63, 3.8) is 0 Å². The lowest BCUT2D eigenvalue weighted by Crippen LogP contribution is -2.52. The van der Waals surface area contributed by atoms with E-state index in [4.69, 9.17) is 4.74 Å². The zero-order valence-electron chi connectivity index (χ0n) is 15.0. The fourth-order valence-electron chi connectivity index (χ4n) is 3.13. The highest BCUT2D eigenvalue weighted by atomic mass is 35.5. The number of hydrogen-bond acceptors (Lipinski definition) is 4. The smallest absolute Gasteiger partial charge is 0.274 e. The molecule has 146 valence electrons. The molecule has 0 radical (unpaired) electrons. The summed E-state index contributed by atoms with van der Waals surface area (Å²) in [7, 11) is 1.52.